The lowest BCUT2D eigenvalue weighted by Gasteiger charge is -2.25. The molecule has 0 saturated heterocycles. The normalized spacial score (nSPS) is 21.1. The maximum absolute atomic E-state index is 11.5. The molecule has 6 heteroatoms. The van der Waals surface area contributed by atoms with Crippen molar-refractivity contribution in [3.63, 3.8) is 0 Å². The van der Waals surface area contributed by atoms with Crippen molar-refractivity contribution < 1.29 is 17.9 Å². The van der Waals surface area contributed by atoms with E-state index in [1.54, 1.807) is 26.8 Å². The van der Waals surface area contributed by atoms with Crippen LogP contribution in [0.25, 0.3) is 0 Å². The molecule has 1 aliphatic rings. The van der Waals surface area contributed by atoms with E-state index in [0.29, 0.717) is 24.2 Å². The number of carbonyl (C=O) groups is 1. The molecule has 0 aromatic carbocycles. The molecular weight excluding hydrogens is 254 g/mol. The van der Waals surface area contributed by atoms with Crippen LogP contribution in [0.15, 0.2) is 11.0 Å². The number of hydrogen-bond acceptors (Lipinski definition) is 4. The molecule has 1 unspecified atom stereocenters. The molecule has 1 N–H and O–H groups in total. The Morgan fingerprint density at radius 3 is 2.44 bits per heavy atom. The Balaban J connectivity index is 2.50. The number of allylic oxidation sites excluding steroid dienone is 1. The molecule has 0 saturated carbocycles. The van der Waals surface area contributed by atoms with Crippen LogP contribution in [0.5, 0.6) is 0 Å². The first-order chi connectivity index (χ1) is 8.08. The SMILES string of the molecule is CC(C)(C)OC(=O)NC1CC=C(S(C)(=O)=O)CC1. The molecule has 18 heavy (non-hydrogen) atoms. The van der Waals surface area contributed by atoms with Crippen LogP contribution in [-0.4, -0.2) is 32.4 Å². The molecule has 0 fully saturated rings. The van der Waals surface area contributed by atoms with Gasteiger partial charge in [0.25, 0.3) is 0 Å². The Bertz CT molecular complexity index is 445. The molecule has 1 amide bonds. The van der Waals surface area contributed by atoms with Crippen molar-refractivity contribution in [2.24, 2.45) is 0 Å². The number of rotatable bonds is 2. The summed E-state index contributed by atoms with van der Waals surface area (Å²) in [4.78, 5) is 12.0. The maximum atomic E-state index is 11.5. The van der Waals surface area contributed by atoms with Gasteiger partial charge in [0.05, 0.1) is 0 Å². The summed E-state index contributed by atoms with van der Waals surface area (Å²) in [7, 11) is -3.09. The van der Waals surface area contributed by atoms with Crippen molar-refractivity contribution in [1.29, 1.82) is 0 Å². The second kappa shape index (κ2) is 5.30. The van der Waals surface area contributed by atoms with Gasteiger partial charge in [0.1, 0.15) is 5.60 Å². The number of hydrogen-bond donors (Lipinski definition) is 1. The van der Waals surface area contributed by atoms with Gasteiger partial charge >= 0.3 is 6.09 Å². The lowest BCUT2D eigenvalue weighted by atomic mass is 10.0. The van der Waals surface area contributed by atoms with E-state index >= 15 is 0 Å². The standard InChI is InChI=1S/C12H21NO4S/c1-12(2,3)17-11(14)13-9-5-7-10(8-6-9)18(4,15)16/h7,9H,5-6,8H2,1-4H3,(H,13,14). The van der Waals surface area contributed by atoms with Crippen LogP contribution in [0.1, 0.15) is 40.0 Å². The summed E-state index contributed by atoms with van der Waals surface area (Å²) in [5, 5.41) is 2.75. The molecule has 0 aliphatic heterocycles. The second-order valence-electron chi connectivity index (χ2n) is 5.56. The van der Waals surface area contributed by atoms with Crippen LogP contribution in [-0.2, 0) is 14.6 Å². The number of ether oxygens (including phenoxy) is 1. The zero-order valence-corrected chi connectivity index (χ0v) is 12.1. The van der Waals surface area contributed by atoms with Gasteiger partial charge in [-0.15, -0.1) is 0 Å². The summed E-state index contributed by atoms with van der Waals surface area (Å²) < 4.78 is 27.8. The fourth-order valence-corrected chi connectivity index (χ4v) is 2.64. The third kappa shape index (κ3) is 5.08. The topological polar surface area (TPSA) is 72.5 Å². The zero-order valence-electron chi connectivity index (χ0n) is 11.3. The molecule has 1 rings (SSSR count). The summed E-state index contributed by atoms with van der Waals surface area (Å²) in [6.07, 6.45) is 4.06. The third-order valence-corrected chi connectivity index (χ3v) is 3.89. The van der Waals surface area contributed by atoms with Crippen molar-refractivity contribution in [2.45, 2.75) is 51.7 Å². The molecule has 1 atom stereocenters. The summed E-state index contributed by atoms with van der Waals surface area (Å²) in [5.74, 6) is 0. The number of sulfone groups is 1. The van der Waals surface area contributed by atoms with E-state index in [4.69, 9.17) is 4.74 Å². The Labute approximate surface area is 109 Å². The highest BCUT2D eigenvalue weighted by atomic mass is 32.2. The quantitative estimate of drug-likeness (QED) is 0.836. The van der Waals surface area contributed by atoms with Crippen molar-refractivity contribution >= 4 is 15.9 Å². The van der Waals surface area contributed by atoms with E-state index in [1.165, 1.54) is 6.26 Å². The van der Waals surface area contributed by atoms with Gasteiger partial charge in [-0.3, -0.25) is 0 Å². The van der Waals surface area contributed by atoms with Gasteiger partial charge in [0.2, 0.25) is 0 Å². The van der Waals surface area contributed by atoms with Crippen LogP contribution in [0, 0.1) is 0 Å². The van der Waals surface area contributed by atoms with Gasteiger partial charge in [-0.05, 0) is 40.0 Å². The Kier molecular flexibility index (Phi) is 4.42. The summed E-state index contributed by atoms with van der Waals surface area (Å²) in [5.41, 5.74) is -0.521. The van der Waals surface area contributed by atoms with Crippen LogP contribution in [0.4, 0.5) is 4.79 Å². The first kappa shape index (κ1) is 15.0. The van der Waals surface area contributed by atoms with Crippen molar-refractivity contribution in [2.75, 3.05) is 6.26 Å². The minimum absolute atomic E-state index is 0.0506. The largest absolute Gasteiger partial charge is 0.444 e. The van der Waals surface area contributed by atoms with E-state index < -0.39 is 21.5 Å². The third-order valence-electron chi connectivity index (χ3n) is 2.57. The van der Waals surface area contributed by atoms with E-state index in [2.05, 4.69) is 5.32 Å². The molecule has 0 radical (unpaired) electrons. The minimum atomic E-state index is -3.09. The number of amides is 1. The van der Waals surface area contributed by atoms with Crippen molar-refractivity contribution in [1.82, 2.24) is 5.32 Å². The number of alkyl carbamates (subject to hydrolysis) is 1. The Hall–Kier alpha value is -1.04. The number of carbonyl (C=O) groups excluding carboxylic acids is 1. The molecular formula is C12H21NO4S. The highest BCUT2D eigenvalue weighted by molar-refractivity contribution is 7.94. The Morgan fingerprint density at radius 1 is 1.44 bits per heavy atom. The lowest BCUT2D eigenvalue weighted by Crippen LogP contribution is -2.39. The van der Waals surface area contributed by atoms with Crippen LogP contribution in [0.3, 0.4) is 0 Å². The average Bonchev–Trinajstić information content (AvgIpc) is 2.13. The van der Waals surface area contributed by atoms with E-state index in [0.717, 1.165) is 0 Å². The fraction of sp³-hybridized carbons (Fsp3) is 0.750. The molecule has 0 heterocycles. The van der Waals surface area contributed by atoms with E-state index in [9.17, 15) is 13.2 Å². The molecule has 1 aliphatic carbocycles. The predicted octanol–water partition coefficient (Wildman–Crippen LogP) is 1.99. The van der Waals surface area contributed by atoms with Crippen LogP contribution in [0.2, 0.25) is 0 Å². The molecule has 0 bridgehead atoms. The fourth-order valence-electron chi connectivity index (χ4n) is 1.75. The molecule has 0 aromatic rings. The number of nitrogens with one attached hydrogen (secondary N) is 1. The van der Waals surface area contributed by atoms with E-state index in [1.807, 2.05) is 0 Å². The van der Waals surface area contributed by atoms with E-state index in [-0.39, 0.29) is 6.04 Å². The summed E-state index contributed by atoms with van der Waals surface area (Å²) in [6, 6.07) is -0.0506. The van der Waals surface area contributed by atoms with Gasteiger partial charge in [0, 0.05) is 17.2 Å². The monoisotopic (exact) mass is 275 g/mol. The van der Waals surface area contributed by atoms with Gasteiger partial charge in [0.15, 0.2) is 9.84 Å². The van der Waals surface area contributed by atoms with Crippen LogP contribution >= 0.6 is 0 Å². The van der Waals surface area contributed by atoms with Gasteiger partial charge in [-0.25, -0.2) is 13.2 Å². The average molecular weight is 275 g/mol. The highest BCUT2D eigenvalue weighted by Crippen LogP contribution is 2.22. The molecule has 5 nitrogen and oxygen atoms in total. The summed E-state index contributed by atoms with van der Waals surface area (Å²) >= 11 is 0. The first-order valence-electron chi connectivity index (χ1n) is 5.96. The van der Waals surface area contributed by atoms with Crippen molar-refractivity contribution in [3.8, 4) is 0 Å². The maximum Gasteiger partial charge on any atom is 0.407 e. The van der Waals surface area contributed by atoms with Gasteiger partial charge < -0.3 is 10.1 Å². The second-order valence-corrected chi connectivity index (χ2v) is 7.63. The van der Waals surface area contributed by atoms with Gasteiger partial charge in [-0.2, -0.15) is 0 Å². The van der Waals surface area contributed by atoms with Crippen molar-refractivity contribution in [3.05, 3.63) is 11.0 Å². The highest BCUT2D eigenvalue weighted by Gasteiger charge is 2.23. The molecule has 0 aromatic heterocycles. The lowest BCUT2D eigenvalue weighted by molar-refractivity contribution is 0.0501. The first-order valence-corrected chi connectivity index (χ1v) is 7.86. The van der Waals surface area contributed by atoms with Crippen LogP contribution < -0.4 is 5.32 Å². The molecule has 104 valence electrons. The van der Waals surface area contributed by atoms with Gasteiger partial charge in [-0.1, -0.05) is 6.08 Å². The minimum Gasteiger partial charge on any atom is -0.444 e. The summed E-state index contributed by atoms with van der Waals surface area (Å²) in [6.45, 7) is 5.40. The smallest absolute Gasteiger partial charge is 0.407 e. The zero-order chi connectivity index (χ0) is 14.0. The Morgan fingerprint density at radius 2 is 2.06 bits per heavy atom. The predicted molar refractivity (Wildman–Crippen MR) is 69.9 cm³/mol. The molecule has 0 spiro atoms.